The molecule has 0 radical (unpaired) electrons. The van der Waals surface area contributed by atoms with Gasteiger partial charge in [-0.25, -0.2) is 9.97 Å². The predicted molar refractivity (Wildman–Crippen MR) is 102 cm³/mol. The van der Waals surface area contributed by atoms with E-state index in [0.717, 1.165) is 30.1 Å². The van der Waals surface area contributed by atoms with Crippen LogP contribution in [0.3, 0.4) is 0 Å². The van der Waals surface area contributed by atoms with Crippen LogP contribution in [0.2, 0.25) is 0 Å². The van der Waals surface area contributed by atoms with Crippen molar-refractivity contribution in [2.75, 3.05) is 44.0 Å². The summed E-state index contributed by atoms with van der Waals surface area (Å²) in [5.41, 5.74) is 8.68. The van der Waals surface area contributed by atoms with Crippen LogP contribution in [0.15, 0.2) is 30.5 Å². The molecule has 1 aliphatic heterocycles. The fraction of sp³-hybridized carbons (Fsp3) is 0.294. The second-order valence-electron chi connectivity index (χ2n) is 5.66. The van der Waals surface area contributed by atoms with E-state index in [-0.39, 0.29) is 18.4 Å². The molecule has 0 bridgehead atoms. The van der Waals surface area contributed by atoms with Crippen molar-refractivity contribution in [3.8, 4) is 17.0 Å². The summed E-state index contributed by atoms with van der Waals surface area (Å²) in [6, 6.07) is 7.68. The van der Waals surface area contributed by atoms with Crippen molar-refractivity contribution >= 4 is 35.3 Å². The SMILES string of the molecule is COc1ccc(-c2cnc3nc(N)nc(N4CCOCC4)c3n2)cc1.Cl. The summed E-state index contributed by atoms with van der Waals surface area (Å²) >= 11 is 0. The van der Waals surface area contributed by atoms with E-state index in [1.54, 1.807) is 13.3 Å². The number of hydrogen-bond acceptors (Lipinski definition) is 8. The van der Waals surface area contributed by atoms with Gasteiger partial charge >= 0.3 is 0 Å². The van der Waals surface area contributed by atoms with Gasteiger partial charge in [0.2, 0.25) is 5.95 Å². The van der Waals surface area contributed by atoms with E-state index in [2.05, 4.69) is 19.9 Å². The van der Waals surface area contributed by atoms with Crippen LogP contribution < -0.4 is 15.4 Å². The van der Waals surface area contributed by atoms with Crippen LogP contribution in [0, 0.1) is 0 Å². The fourth-order valence-corrected chi connectivity index (χ4v) is 2.81. The molecule has 9 heteroatoms. The number of fused-ring (bicyclic) bond motifs is 1. The highest BCUT2D eigenvalue weighted by atomic mass is 35.5. The van der Waals surface area contributed by atoms with Crippen molar-refractivity contribution in [3.05, 3.63) is 30.5 Å². The van der Waals surface area contributed by atoms with Crippen LogP contribution in [0.25, 0.3) is 22.4 Å². The number of rotatable bonds is 3. The summed E-state index contributed by atoms with van der Waals surface area (Å²) < 4.78 is 10.6. The maximum absolute atomic E-state index is 5.85. The molecule has 2 aromatic heterocycles. The molecular formula is C17H19ClN6O2. The van der Waals surface area contributed by atoms with Gasteiger partial charge in [0.1, 0.15) is 5.75 Å². The number of nitrogens with zero attached hydrogens (tertiary/aromatic N) is 5. The molecule has 0 unspecified atom stereocenters. The molecule has 1 fully saturated rings. The summed E-state index contributed by atoms with van der Waals surface area (Å²) in [4.78, 5) is 19.9. The Hall–Kier alpha value is -2.71. The lowest BCUT2D eigenvalue weighted by atomic mass is 10.1. The molecular weight excluding hydrogens is 356 g/mol. The zero-order valence-corrected chi connectivity index (χ0v) is 15.1. The van der Waals surface area contributed by atoms with Gasteiger partial charge in [0.15, 0.2) is 17.0 Å². The number of nitrogen functional groups attached to an aromatic ring is 1. The standard InChI is InChI=1S/C17H18N6O2.ClH/c1-24-12-4-2-11(3-5-12)13-10-19-15-14(20-13)16(22-17(18)21-15)23-6-8-25-9-7-23;/h2-5,10H,6-9H2,1H3,(H2,18,19,21,22);1H. The Bertz CT molecular complexity index is 900. The first kappa shape index (κ1) is 18.1. The Morgan fingerprint density at radius 1 is 1.08 bits per heavy atom. The highest BCUT2D eigenvalue weighted by Crippen LogP contribution is 2.26. The van der Waals surface area contributed by atoms with Crippen LogP contribution in [-0.4, -0.2) is 53.3 Å². The fourth-order valence-electron chi connectivity index (χ4n) is 2.81. The first-order chi connectivity index (χ1) is 12.2. The van der Waals surface area contributed by atoms with E-state index in [4.69, 9.17) is 20.2 Å². The first-order valence-corrected chi connectivity index (χ1v) is 8.02. The third kappa shape index (κ3) is 3.47. The lowest BCUT2D eigenvalue weighted by molar-refractivity contribution is 0.122. The topological polar surface area (TPSA) is 99.3 Å². The van der Waals surface area contributed by atoms with Crippen LogP contribution in [0.4, 0.5) is 11.8 Å². The van der Waals surface area contributed by atoms with E-state index in [0.29, 0.717) is 30.2 Å². The van der Waals surface area contributed by atoms with Crippen LogP contribution in [0.1, 0.15) is 0 Å². The second kappa shape index (κ2) is 7.67. The zero-order chi connectivity index (χ0) is 17.2. The van der Waals surface area contributed by atoms with E-state index >= 15 is 0 Å². The minimum Gasteiger partial charge on any atom is -0.497 e. The maximum Gasteiger partial charge on any atom is 0.224 e. The number of ether oxygens (including phenoxy) is 2. The number of anilines is 2. The van der Waals surface area contributed by atoms with Crippen molar-refractivity contribution in [1.29, 1.82) is 0 Å². The Morgan fingerprint density at radius 3 is 2.50 bits per heavy atom. The smallest absolute Gasteiger partial charge is 0.224 e. The first-order valence-electron chi connectivity index (χ1n) is 8.02. The van der Waals surface area contributed by atoms with Gasteiger partial charge in [0.05, 0.1) is 32.2 Å². The molecule has 2 N–H and O–H groups in total. The molecule has 0 atom stereocenters. The van der Waals surface area contributed by atoms with Gasteiger partial charge in [-0.05, 0) is 24.3 Å². The van der Waals surface area contributed by atoms with Gasteiger partial charge in [-0.1, -0.05) is 0 Å². The molecule has 0 amide bonds. The van der Waals surface area contributed by atoms with Crippen LogP contribution in [0.5, 0.6) is 5.75 Å². The number of nitrogens with two attached hydrogens (primary N) is 1. The van der Waals surface area contributed by atoms with Crippen LogP contribution >= 0.6 is 12.4 Å². The molecule has 0 spiro atoms. The van der Waals surface area contributed by atoms with Crippen molar-refractivity contribution < 1.29 is 9.47 Å². The Morgan fingerprint density at radius 2 is 1.81 bits per heavy atom. The van der Waals surface area contributed by atoms with E-state index in [9.17, 15) is 0 Å². The zero-order valence-electron chi connectivity index (χ0n) is 14.3. The molecule has 1 aliphatic rings. The minimum absolute atomic E-state index is 0. The molecule has 1 aromatic carbocycles. The van der Waals surface area contributed by atoms with Gasteiger partial charge in [-0.2, -0.15) is 9.97 Å². The highest BCUT2D eigenvalue weighted by molar-refractivity contribution is 5.86. The Balaban J connectivity index is 0.00000196. The summed E-state index contributed by atoms with van der Waals surface area (Å²) in [7, 11) is 1.64. The molecule has 3 heterocycles. The number of aromatic nitrogens is 4. The lowest BCUT2D eigenvalue weighted by Gasteiger charge is -2.28. The normalized spacial score (nSPS) is 14.1. The number of methoxy groups -OCH3 is 1. The summed E-state index contributed by atoms with van der Waals surface area (Å²) in [5.74, 6) is 1.69. The second-order valence-corrected chi connectivity index (χ2v) is 5.66. The molecule has 0 saturated carbocycles. The van der Waals surface area contributed by atoms with Crippen molar-refractivity contribution in [2.24, 2.45) is 0 Å². The number of benzene rings is 1. The molecule has 26 heavy (non-hydrogen) atoms. The molecule has 3 aromatic rings. The van der Waals surface area contributed by atoms with Gasteiger partial charge in [0.25, 0.3) is 0 Å². The Kier molecular flexibility index (Phi) is 5.34. The number of hydrogen-bond donors (Lipinski definition) is 1. The lowest BCUT2D eigenvalue weighted by Crippen LogP contribution is -2.37. The van der Waals surface area contributed by atoms with Crippen molar-refractivity contribution in [2.45, 2.75) is 0 Å². The number of halogens is 1. The van der Waals surface area contributed by atoms with Gasteiger partial charge in [0, 0.05) is 18.7 Å². The highest BCUT2D eigenvalue weighted by Gasteiger charge is 2.19. The summed E-state index contributed by atoms with van der Waals surface area (Å²) in [6.45, 7) is 2.77. The summed E-state index contributed by atoms with van der Waals surface area (Å²) in [5, 5.41) is 0. The third-order valence-electron chi connectivity index (χ3n) is 4.10. The quantitative estimate of drug-likeness (QED) is 0.742. The van der Waals surface area contributed by atoms with Gasteiger partial charge in [-0.15, -0.1) is 12.4 Å². The van der Waals surface area contributed by atoms with E-state index < -0.39 is 0 Å². The van der Waals surface area contributed by atoms with Crippen LogP contribution in [-0.2, 0) is 4.74 Å². The molecule has 8 nitrogen and oxygen atoms in total. The van der Waals surface area contributed by atoms with Gasteiger partial charge in [-0.3, -0.25) is 0 Å². The van der Waals surface area contributed by atoms with Crippen molar-refractivity contribution in [1.82, 2.24) is 19.9 Å². The third-order valence-corrected chi connectivity index (χ3v) is 4.10. The molecule has 0 aliphatic carbocycles. The maximum atomic E-state index is 5.85. The summed E-state index contributed by atoms with van der Waals surface area (Å²) in [6.07, 6.45) is 1.69. The average molecular weight is 375 g/mol. The largest absolute Gasteiger partial charge is 0.497 e. The molecule has 4 rings (SSSR count). The van der Waals surface area contributed by atoms with Crippen molar-refractivity contribution in [3.63, 3.8) is 0 Å². The predicted octanol–water partition coefficient (Wildman–Crippen LogP) is 1.94. The average Bonchev–Trinajstić information content (AvgIpc) is 2.68. The van der Waals surface area contributed by atoms with E-state index in [1.165, 1.54) is 0 Å². The van der Waals surface area contributed by atoms with E-state index in [1.807, 2.05) is 24.3 Å². The molecule has 136 valence electrons. The Labute approximate surface area is 156 Å². The van der Waals surface area contributed by atoms with Gasteiger partial charge < -0.3 is 20.1 Å². The number of morpholine rings is 1. The molecule has 1 saturated heterocycles. The minimum atomic E-state index is 0. The monoisotopic (exact) mass is 374 g/mol.